The fourth-order valence-electron chi connectivity index (χ4n) is 3.22. The highest BCUT2D eigenvalue weighted by atomic mass is 32.1. The van der Waals surface area contributed by atoms with Gasteiger partial charge in [-0.2, -0.15) is 5.10 Å². The standard InChI is InChI=1S/C22H25N5O2S/c1-15(17-7-9-18(10-8-17)27-11-13-29-14-12-27)25-26-21(28)16(2)23-22-24-19-5-3-4-6-20(19)30-22/h3-10,16H,11-14H2,1-2H3,(H,23,24)(H,26,28)/b25-15-/t16-/m1/s1. The van der Waals surface area contributed by atoms with E-state index in [1.165, 1.54) is 17.0 Å². The van der Waals surface area contributed by atoms with Crippen LogP contribution in [-0.2, 0) is 9.53 Å². The third-order valence-corrected chi connectivity index (χ3v) is 5.99. The fourth-order valence-corrected chi connectivity index (χ4v) is 4.17. The highest BCUT2D eigenvalue weighted by Crippen LogP contribution is 2.25. The molecule has 0 bridgehead atoms. The Morgan fingerprint density at radius 1 is 1.17 bits per heavy atom. The van der Waals surface area contributed by atoms with Gasteiger partial charge in [-0.1, -0.05) is 35.6 Å². The number of benzene rings is 2. The molecular weight excluding hydrogens is 398 g/mol. The molecule has 1 saturated heterocycles. The first-order chi connectivity index (χ1) is 14.6. The minimum atomic E-state index is -0.453. The highest BCUT2D eigenvalue weighted by molar-refractivity contribution is 7.22. The Bertz CT molecular complexity index is 1010. The number of ether oxygens (including phenoxy) is 1. The second kappa shape index (κ2) is 9.23. The van der Waals surface area contributed by atoms with Gasteiger partial charge in [0, 0.05) is 18.8 Å². The van der Waals surface area contributed by atoms with Crippen LogP contribution in [0.25, 0.3) is 10.2 Å². The Balaban J connectivity index is 1.34. The lowest BCUT2D eigenvalue weighted by molar-refractivity contribution is -0.121. The van der Waals surface area contributed by atoms with Crippen LogP contribution >= 0.6 is 11.3 Å². The average molecular weight is 424 g/mol. The first kappa shape index (κ1) is 20.3. The molecule has 1 aliphatic rings. The number of morpholine rings is 1. The van der Waals surface area contributed by atoms with Gasteiger partial charge in [0.25, 0.3) is 5.91 Å². The molecule has 1 aliphatic heterocycles. The summed E-state index contributed by atoms with van der Waals surface area (Å²) in [5.74, 6) is -0.210. The molecule has 0 saturated carbocycles. The second-order valence-electron chi connectivity index (χ2n) is 7.17. The summed E-state index contributed by atoms with van der Waals surface area (Å²) in [4.78, 5) is 19.2. The van der Waals surface area contributed by atoms with Crippen LogP contribution in [0.5, 0.6) is 0 Å². The van der Waals surface area contributed by atoms with Crippen molar-refractivity contribution in [1.29, 1.82) is 0 Å². The van der Waals surface area contributed by atoms with Gasteiger partial charge in [-0.25, -0.2) is 10.4 Å². The molecule has 0 unspecified atom stereocenters. The van der Waals surface area contributed by atoms with Crippen molar-refractivity contribution in [2.24, 2.45) is 5.10 Å². The summed E-state index contributed by atoms with van der Waals surface area (Å²) >= 11 is 1.53. The number of thiazole rings is 1. The van der Waals surface area contributed by atoms with Gasteiger partial charge in [-0.05, 0) is 43.7 Å². The Labute approximate surface area is 179 Å². The Morgan fingerprint density at radius 2 is 1.90 bits per heavy atom. The number of hydrazone groups is 1. The zero-order chi connectivity index (χ0) is 20.9. The lowest BCUT2D eigenvalue weighted by Crippen LogP contribution is -2.36. The van der Waals surface area contributed by atoms with E-state index in [9.17, 15) is 4.79 Å². The first-order valence-electron chi connectivity index (χ1n) is 9.99. The van der Waals surface area contributed by atoms with Crippen molar-refractivity contribution in [2.45, 2.75) is 19.9 Å². The number of nitrogens with zero attached hydrogens (tertiary/aromatic N) is 3. The number of rotatable bonds is 6. The lowest BCUT2D eigenvalue weighted by Gasteiger charge is -2.28. The molecule has 7 nitrogen and oxygen atoms in total. The fraction of sp³-hybridized carbons (Fsp3) is 0.318. The maximum Gasteiger partial charge on any atom is 0.262 e. The number of anilines is 2. The van der Waals surface area contributed by atoms with E-state index in [-0.39, 0.29) is 5.91 Å². The predicted octanol–water partition coefficient (Wildman–Crippen LogP) is 3.47. The SMILES string of the molecule is C/C(=N/NC(=O)[C@@H](C)Nc1nc2ccccc2s1)c1ccc(N2CCOCC2)cc1. The van der Waals surface area contributed by atoms with Gasteiger partial charge in [0.15, 0.2) is 5.13 Å². The molecule has 1 amide bonds. The number of amides is 1. The van der Waals surface area contributed by atoms with Crippen molar-refractivity contribution in [2.75, 3.05) is 36.5 Å². The molecule has 0 spiro atoms. The summed E-state index contributed by atoms with van der Waals surface area (Å²) in [6, 6.07) is 15.7. The molecule has 2 N–H and O–H groups in total. The number of hydrogen-bond acceptors (Lipinski definition) is 7. The monoisotopic (exact) mass is 423 g/mol. The van der Waals surface area contributed by atoms with E-state index in [1.54, 1.807) is 6.92 Å². The van der Waals surface area contributed by atoms with Crippen LogP contribution in [0.15, 0.2) is 53.6 Å². The second-order valence-corrected chi connectivity index (χ2v) is 8.20. The molecule has 156 valence electrons. The number of aromatic nitrogens is 1. The van der Waals surface area contributed by atoms with Crippen molar-refractivity contribution in [3.8, 4) is 0 Å². The van der Waals surface area contributed by atoms with E-state index in [4.69, 9.17) is 4.74 Å². The topological polar surface area (TPSA) is 78.8 Å². The summed E-state index contributed by atoms with van der Waals surface area (Å²) in [5.41, 5.74) is 6.47. The number of carbonyl (C=O) groups excluding carboxylic acids is 1. The molecule has 4 rings (SSSR count). The maximum atomic E-state index is 12.4. The van der Waals surface area contributed by atoms with Crippen LogP contribution in [0.1, 0.15) is 19.4 Å². The Hall–Kier alpha value is -2.97. The Kier molecular flexibility index (Phi) is 6.25. The molecule has 1 aromatic heterocycles. The van der Waals surface area contributed by atoms with Crippen molar-refractivity contribution in [3.05, 3.63) is 54.1 Å². The molecular formula is C22H25N5O2S. The molecule has 2 aromatic carbocycles. The van der Waals surface area contributed by atoms with E-state index < -0.39 is 6.04 Å². The summed E-state index contributed by atoms with van der Waals surface area (Å²) in [7, 11) is 0. The minimum absolute atomic E-state index is 0.210. The normalized spacial score (nSPS) is 15.8. The van der Waals surface area contributed by atoms with Gasteiger partial charge in [0.2, 0.25) is 0 Å². The van der Waals surface area contributed by atoms with Gasteiger partial charge in [-0.15, -0.1) is 0 Å². The first-order valence-corrected chi connectivity index (χ1v) is 10.8. The smallest absolute Gasteiger partial charge is 0.262 e. The number of para-hydroxylation sites is 1. The van der Waals surface area contributed by atoms with Gasteiger partial charge >= 0.3 is 0 Å². The zero-order valence-corrected chi connectivity index (χ0v) is 17.9. The van der Waals surface area contributed by atoms with Crippen LogP contribution < -0.4 is 15.6 Å². The van der Waals surface area contributed by atoms with Crippen molar-refractivity contribution in [1.82, 2.24) is 10.4 Å². The Morgan fingerprint density at radius 3 is 2.63 bits per heavy atom. The van der Waals surface area contributed by atoms with E-state index in [0.717, 1.165) is 52.9 Å². The van der Waals surface area contributed by atoms with Gasteiger partial charge in [0.1, 0.15) is 6.04 Å². The molecule has 8 heteroatoms. The number of fused-ring (bicyclic) bond motifs is 1. The lowest BCUT2D eigenvalue weighted by atomic mass is 10.1. The molecule has 30 heavy (non-hydrogen) atoms. The number of hydrogen-bond donors (Lipinski definition) is 2. The predicted molar refractivity (Wildman–Crippen MR) is 123 cm³/mol. The number of carbonyl (C=O) groups is 1. The van der Waals surface area contributed by atoms with Crippen LogP contribution in [0.2, 0.25) is 0 Å². The number of nitrogens with one attached hydrogen (secondary N) is 2. The maximum absolute atomic E-state index is 12.4. The summed E-state index contributed by atoms with van der Waals surface area (Å²) < 4.78 is 6.49. The van der Waals surface area contributed by atoms with Crippen LogP contribution in [-0.4, -0.2) is 48.9 Å². The summed E-state index contributed by atoms with van der Waals surface area (Å²) in [5, 5.41) is 8.14. The molecule has 1 fully saturated rings. The van der Waals surface area contributed by atoms with Gasteiger partial charge < -0.3 is 15.0 Å². The molecule has 3 aromatic rings. The van der Waals surface area contributed by atoms with E-state index in [0.29, 0.717) is 0 Å². The van der Waals surface area contributed by atoms with Crippen molar-refractivity contribution in [3.63, 3.8) is 0 Å². The van der Waals surface area contributed by atoms with Gasteiger partial charge in [0.05, 0.1) is 29.1 Å². The molecule has 0 radical (unpaired) electrons. The zero-order valence-electron chi connectivity index (χ0n) is 17.1. The molecule has 2 heterocycles. The third-order valence-electron chi connectivity index (χ3n) is 5.02. The summed E-state index contributed by atoms with van der Waals surface area (Å²) in [6.07, 6.45) is 0. The highest BCUT2D eigenvalue weighted by Gasteiger charge is 2.15. The molecule has 0 aliphatic carbocycles. The van der Waals surface area contributed by atoms with Crippen LogP contribution in [0.4, 0.5) is 10.8 Å². The van der Waals surface area contributed by atoms with E-state index >= 15 is 0 Å². The van der Waals surface area contributed by atoms with E-state index in [2.05, 4.69) is 37.9 Å². The largest absolute Gasteiger partial charge is 0.378 e. The van der Waals surface area contributed by atoms with Crippen molar-refractivity contribution >= 4 is 44.0 Å². The van der Waals surface area contributed by atoms with Crippen LogP contribution in [0.3, 0.4) is 0 Å². The van der Waals surface area contributed by atoms with Gasteiger partial charge in [-0.3, -0.25) is 4.79 Å². The van der Waals surface area contributed by atoms with Crippen molar-refractivity contribution < 1.29 is 9.53 Å². The molecule has 1 atom stereocenters. The third kappa shape index (κ3) is 4.77. The quantitative estimate of drug-likeness (QED) is 0.469. The van der Waals surface area contributed by atoms with E-state index in [1.807, 2.05) is 43.3 Å². The average Bonchev–Trinajstić information content (AvgIpc) is 3.20. The minimum Gasteiger partial charge on any atom is -0.378 e. The van der Waals surface area contributed by atoms with Crippen LogP contribution in [0, 0.1) is 0 Å². The summed E-state index contributed by atoms with van der Waals surface area (Å²) in [6.45, 7) is 7.01.